The van der Waals surface area contributed by atoms with E-state index in [1.807, 2.05) is 6.92 Å². The van der Waals surface area contributed by atoms with E-state index in [0.717, 1.165) is 10.9 Å². The Morgan fingerprint density at radius 1 is 1.47 bits per heavy atom. The minimum absolute atomic E-state index is 0.104. The molecule has 4 nitrogen and oxygen atoms in total. The molecule has 0 aliphatic rings. The SMILES string of the molecule is CCc1cc2cnc(C=O)cc2[nH]c1=O. The summed E-state index contributed by atoms with van der Waals surface area (Å²) in [4.78, 5) is 28.7. The van der Waals surface area contributed by atoms with E-state index in [1.54, 1.807) is 18.3 Å². The molecule has 0 fully saturated rings. The van der Waals surface area contributed by atoms with Crippen molar-refractivity contribution in [1.82, 2.24) is 9.97 Å². The van der Waals surface area contributed by atoms with Gasteiger partial charge in [0.05, 0.1) is 5.52 Å². The van der Waals surface area contributed by atoms with Crippen LogP contribution in [0.3, 0.4) is 0 Å². The smallest absolute Gasteiger partial charge is 0.251 e. The van der Waals surface area contributed by atoms with Gasteiger partial charge in [-0.1, -0.05) is 6.92 Å². The van der Waals surface area contributed by atoms with Gasteiger partial charge in [0.15, 0.2) is 6.29 Å². The number of H-pyrrole nitrogens is 1. The van der Waals surface area contributed by atoms with Gasteiger partial charge in [-0.15, -0.1) is 0 Å². The summed E-state index contributed by atoms with van der Waals surface area (Å²) in [7, 11) is 0. The van der Waals surface area contributed by atoms with Gasteiger partial charge in [0.1, 0.15) is 5.69 Å². The third kappa shape index (κ3) is 1.66. The van der Waals surface area contributed by atoms with Crippen LogP contribution in [0.1, 0.15) is 23.0 Å². The fourth-order valence-corrected chi connectivity index (χ4v) is 1.49. The fourth-order valence-electron chi connectivity index (χ4n) is 1.49. The molecule has 1 N–H and O–H groups in total. The van der Waals surface area contributed by atoms with E-state index >= 15 is 0 Å². The molecule has 0 unspecified atom stereocenters. The van der Waals surface area contributed by atoms with Gasteiger partial charge in [-0.2, -0.15) is 0 Å². The Labute approximate surface area is 86.0 Å². The summed E-state index contributed by atoms with van der Waals surface area (Å²) in [5, 5.41) is 0.844. The van der Waals surface area contributed by atoms with Crippen molar-refractivity contribution in [3.05, 3.63) is 39.9 Å². The van der Waals surface area contributed by atoms with Crippen molar-refractivity contribution < 1.29 is 4.79 Å². The molecule has 0 aliphatic carbocycles. The summed E-state index contributed by atoms with van der Waals surface area (Å²) in [6, 6.07) is 3.37. The van der Waals surface area contributed by atoms with E-state index in [0.29, 0.717) is 23.9 Å². The Hall–Kier alpha value is -1.97. The van der Waals surface area contributed by atoms with Crippen molar-refractivity contribution in [2.24, 2.45) is 0 Å². The number of aldehydes is 1. The molecule has 0 atom stereocenters. The minimum atomic E-state index is -0.104. The molecule has 4 heteroatoms. The number of hydrogen-bond acceptors (Lipinski definition) is 3. The number of nitrogens with zero attached hydrogens (tertiary/aromatic N) is 1. The first-order valence-corrected chi connectivity index (χ1v) is 4.71. The predicted octanol–water partition coefficient (Wildman–Crippen LogP) is 1.30. The number of fused-ring (bicyclic) bond motifs is 1. The second kappa shape index (κ2) is 3.65. The predicted molar refractivity (Wildman–Crippen MR) is 57.1 cm³/mol. The van der Waals surface area contributed by atoms with Gasteiger partial charge in [0.2, 0.25) is 0 Å². The zero-order valence-electron chi connectivity index (χ0n) is 8.28. The number of rotatable bonds is 2. The van der Waals surface area contributed by atoms with Crippen molar-refractivity contribution in [3.63, 3.8) is 0 Å². The third-order valence-electron chi connectivity index (χ3n) is 2.33. The molecule has 0 spiro atoms. The molecule has 2 aromatic heterocycles. The zero-order valence-corrected chi connectivity index (χ0v) is 8.28. The highest BCUT2D eigenvalue weighted by Gasteiger charge is 2.02. The van der Waals surface area contributed by atoms with Crippen molar-refractivity contribution in [2.75, 3.05) is 0 Å². The first-order chi connectivity index (χ1) is 7.24. The maximum absolute atomic E-state index is 11.5. The average Bonchev–Trinajstić information content (AvgIpc) is 2.27. The molecular formula is C11H10N2O2. The number of hydrogen-bond donors (Lipinski definition) is 1. The molecule has 0 aromatic carbocycles. The van der Waals surface area contributed by atoms with Gasteiger partial charge in [0, 0.05) is 17.1 Å². The molecule has 0 aliphatic heterocycles. The molecule has 0 amide bonds. The first-order valence-electron chi connectivity index (χ1n) is 4.71. The lowest BCUT2D eigenvalue weighted by Gasteiger charge is -2.00. The van der Waals surface area contributed by atoms with Gasteiger partial charge in [-0.3, -0.25) is 14.6 Å². The van der Waals surface area contributed by atoms with Crippen LogP contribution in [0.2, 0.25) is 0 Å². The lowest BCUT2D eigenvalue weighted by molar-refractivity contribution is 0.111. The first kappa shape index (κ1) is 9.58. The van der Waals surface area contributed by atoms with Gasteiger partial charge in [-0.25, -0.2) is 0 Å². The summed E-state index contributed by atoms with van der Waals surface area (Å²) < 4.78 is 0. The second-order valence-corrected chi connectivity index (χ2v) is 3.29. The maximum Gasteiger partial charge on any atom is 0.251 e. The Bertz CT molecular complexity index is 572. The number of pyridine rings is 2. The Morgan fingerprint density at radius 3 is 2.93 bits per heavy atom. The summed E-state index contributed by atoms with van der Waals surface area (Å²) in [6.45, 7) is 1.92. The summed E-state index contributed by atoms with van der Waals surface area (Å²) >= 11 is 0. The normalized spacial score (nSPS) is 10.5. The Morgan fingerprint density at radius 2 is 2.27 bits per heavy atom. The monoisotopic (exact) mass is 202 g/mol. The van der Waals surface area contributed by atoms with E-state index in [9.17, 15) is 9.59 Å². The lowest BCUT2D eigenvalue weighted by atomic mass is 10.1. The molecule has 0 saturated heterocycles. The maximum atomic E-state index is 11.5. The average molecular weight is 202 g/mol. The third-order valence-corrected chi connectivity index (χ3v) is 2.33. The largest absolute Gasteiger partial charge is 0.322 e. The van der Waals surface area contributed by atoms with Gasteiger partial charge in [0.25, 0.3) is 5.56 Å². The standard InChI is InChI=1S/C11H10N2O2/c1-2-7-3-8-5-12-9(6-14)4-10(8)13-11(7)15/h3-6H,2H2,1H3,(H,13,15). The highest BCUT2D eigenvalue weighted by atomic mass is 16.1. The van der Waals surface area contributed by atoms with Crippen molar-refractivity contribution in [2.45, 2.75) is 13.3 Å². The summed E-state index contributed by atoms with van der Waals surface area (Å²) in [5.74, 6) is 0. The molecule has 0 saturated carbocycles. The van der Waals surface area contributed by atoms with Crippen molar-refractivity contribution >= 4 is 17.2 Å². The highest BCUT2D eigenvalue weighted by molar-refractivity contribution is 5.84. The summed E-state index contributed by atoms with van der Waals surface area (Å²) in [5.41, 5.74) is 1.59. The molecule has 2 rings (SSSR count). The van der Waals surface area contributed by atoms with Gasteiger partial charge < -0.3 is 4.98 Å². The topological polar surface area (TPSA) is 62.8 Å². The van der Waals surface area contributed by atoms with E-state index in [2.05, 4.69) is 9.97 Å². The van der Waals surface area contributed by atoms with Gasteiger partial charge in [-0.05, 0) is 18.6 Å². The quantitative estimate of drug-likeness (QED) is 0.746. The molecule has 2 heterocycles. The fraction of sp³-hybridized carbons (Fsp3) is 0.182. The Kier molecular flexibility index (Phi) is 2.33. The molecular weight excluding hydrogens is 192 g/mol. The number of aryl methyl sites for hydroxylation is 1. The van der Waals surface area contributed by atoms with Crippen LogP contribution in [-0.4, -0.2) is 16.3 Å². The van der Waals surface area contributed by atoms with E-state index in [-0.39, 0.29) is 5.56 Å². The van der Waals surface area contributed by atoms with Crippen LogP contribution < -0.4 is 5.56 Å². The lowest BCUT2D eigenvalue weighted by Crippen LogP contribution is -2.11. The van der Waals surface area contributed by atoms with Crippen LogP contribution >= 0.6 is 0 Å². The zero-order chi connectivity index (χ0) is 10.8. The van der Waals surface area contributed by atoms with Crippen LogP contribution in [0.15, 0.2) is 23.1 Å². The van der Waals surface area contributed by atoms with Gasteiger partial charge >= 0.3 is 0 Å². The number of nitrogens with one attached hydrogen (secondary N) is 1. The van der Waals surface area contributed by atoms with Crippen LogP contribution in [0.4, 0.5) is 0 Å². The minimum Gasteiger partial charge on any atom is -0.322 e. The van der Waals surface area contributed by atoms with Crippen molar-refractivity contribution in [1.29, 1.82) is 0 Å². The number of carbonyl (C=O) groups is 1. The molecule has 76 valence electrons. The molecule has 2 aromatic rings. The van der Waals surface area contributed by atoms with E-state index in [4.69, 9.17) is 0 Å². The van der Waals surface area contributed by atoms with Crippen molar-refractivity contribution in [3.8, 4) is 0 Å². The highest BCUT2D eigenvalue weighted by Crippen LogP contribution is 2.10. The second-order valence-electron chi connectivity index (χ2n) is 3.29. The number of aromatic nitrogens is 2. The van der Waals surface area contributed by atoms with E-state index in [1.165, 1.54) is 0 Å². The number of aromatic amines is 1. The van der Waals surface area contributed by atoms with Crippen LogP contribution in [0, 0.1) is 0 Å². The molecule has 0 bridgehead atoms. The van der Waals surface area contributed by atoms with Crippen LogP contribution in [0.25, 0.3) is 10.9 Å². The Balaban J connectivity index is 2.75. The summed E-state index contributed by atoms with van der Waals surface area (Å²) in [6.07, 6.45) is 2.93. The molecule has 15 heavy (non-hydrogen) atoms. The number of carbonyl (C=O) groups excluding carboxylic acids is 1. The van der Waals surface area contributed by atoms with Crippen LogP contribution in [0.5, 0.6) is 0 Å². The van der Waals surface area contributed by atoms with Crippen LogP contribution in [-0.2, 0) is 6.42 Å². The van der Waals surface area contributed by atoms with E-state index < -0.39 is 0 Å². The molecule has 0 radical (unpaired) electrons.